The number of rotatable bonds is 5. The molecule has 27 heavy (non-hydrogen) atoms. The molecule has 0 saturated heterocycles. The van der Waals surface area contributed by atoms with Crippen molar-refractivity contribution in [2.75, 3.05) is 11.5 Å². The van der Waals surface area contributed by atoms with E-state index in [0.717, 1.165) is 17.8 Å². The summed E-state index contributed by atoms with van der Waals surface area (Å²) >= 11 is 4.27. The average Bonchev–Trinajstić information content (AvgIpc) is 2.60. The van der Waals surface area contributed by atoms with Gasteiger partial charge in [-0.2, -0.15) is 0 Å². The van der Waals surface area contributed by atoms with Gasteiger partial charge in [0.15, 0.2) is 0 Å². The van der Waals surface area contributed by atoms with Crippen molar-refractivity contribution in [1.82, 2.24) is 0 Å². The molecule has 0 saturated carbocycles. The summed E-state index contributed by atoms with van der Waals surface area (Å²) in [5, 5.41) is 9.07. The van der Waals surface area contributed by atoms with Gasteiger partial charge < -0.3 is 14.7 Å². The maximum Gasteiger partial charge on any atom is 0.329 e. The number of carbonyl (C=O) groups excluding carboxylic acids is 1. The van der Waals surface area contributed by atoms with E-state index in [1.165, 1.54) is 11.0 Å². The number of carboxylic acid groups (broad SMARTS) is 1. The van der Waals surface area contributed by atoms with Gasteiger partial charge in [0.1, 0.15) is 11.6 Å². The highest BCUT2D eigenvalue weighted by atomic mass is 79.9. The zero-order valence-corrected chi connectivity index (χ0v) is 16.6. The van der Waals surface area contributed by atoms with Crippen molar-refractivity contribution in [2.24, 2.45) is 0 Å². The molecule has 2 aromatic rings. The molecule has 0 radical (unpaired) electrons. The lowest BCUT2D eigenvalue weighted by molar-refractivity contribution is -0.131. The van der Waals surface area contributed by atoms with Crippen LogP contribution in [0.5, 0.6) is 5.75 Å². The van der Waals surface area contributed by atoms with Crippen molar-refractivity contribution in [3.63, 3.8) is 0 Å². The molecule has 0 fully saturated rings. The molecular formula is C19H15BrFNO4S. The number of benzene rings is 2. The van der Waals surface area contributed by atoms with Crippen LogP contribution in [0.2, 0.25) is 0 Å². The lowest BCUT2D eigenvalue weighted by Gasteiger charge is -2.30. The Morgan fingerprint density at radius 1 is 1.33 bits per heavy atom. The van der Waals surface area contributed by atoms with E-state index in [1.54, 1.807) is 30.3 Å². The van der Waals surface area contributed by atoms with Gasteiger partial charge in [0.2, 0.25) is 0 Å². The SMILES string of the molecule is CCOc1ccc2c(c1)SC(=CC(=O)O)C(=O)N2Cc1ccc(Br)cc1F. The van der Waals surface area contributed by atoms with Gasteiger partial charge in [-0.15, -0.1) is 0 Å². The molecule has 1 heterocycles. The van der Waals surface area contributed by atoms with Crippen molar-refractivity contribution in [3.05, 3.63) is 63.2 Å². The molecule has 0 spiro atoms. The van der Waals surface area contributed by atoms with Crippen LogP contribution in [0.1, 0.15) is 12.5 Å². The molecule has 5 nitrogen and oxygen atoms in total. The molecule has 1 N–H and O–H groups in total. The first-order chi connectivity index (χ1) is 12.9. The Kier molecular flexibility index (Phi) is 5.86. The van der Waals surface area contributed by atoms with Crippen LogP contribution < -0.4 is 9.64 Å². The number of aliphatic carboxylic acids is 1. The minimum atomic E-state index is -1.22. The first-order valence-corrected chi connectivity index (χ1v) is 9.65. The van der Waals surface area contributed by atoms with Crippen molar-refractivity contribution >= 4 is 45.3 Å². The lowest BCUT2D eigenvalue weighted by atomic mass is 10.1. The third kappa shape index (κ3) is 4.33. The van der Waals surface area contributed by atoms with Gasteiger partial charge in [0.05, 0.1) is 23.7 Å². The van der Waals surface area contributed by atoms with Crippen LogP contribution in [0.4, 0.5) is 10.1 Å². The van der Waals surface area contributed by atoms with Gasteiger partial charge in [-0.1, -0.05) is 33.8 Å². The summed E-state index contributed by atoms with van der Waals surface area (Å²) in [4.78, 5) is 26.0. The smallest absolute Gasteiger partial charge is 0.329 e. The molecule has 140 valence electrons. The van der Waals surface area contributed by atoms with Crippen molar-refractivity contribution in [1.29, 1.82) is 0 Å². The monoisotopic (exact) mass is 451 g/mol. The third-order valence-corrected chi connectivity index (χ3v) is 5.36. The summed E-state index contributed by atoms with van der Waals surface area (Å²) in [6.45, 7) is 2.32. The number of anilines is 1. The quantitative estimate of drug-likeness (QED) is 0.673. The summed E-state index contributed by atoms with van der Waals surface area (Å²) in [7, 11) is 0. The number of hydrogen-bond acceptors (Lipinski definition) is 4. The van der Waals surface area contributed by atoms with Crippen LogP contribution in [0.3, 0.4) is 0 Å². The molecule has 0 bridgehead atoms. The molecule has 0 atom stereocenters. The zero-order valence-electron chi connectivity index (χ0n) is 14.2. The van der Waals surface area contributed by atoms with Gasteiger partial charge in [-0.05, 0) is 37.3 Å². The van der Waals surface area contributed by atoms with E-state index in [0.29, 0.717) is 33.0 Å². The van der Waals surface area contributed by atoms with Crippen LogP contribution in [0.25, 0.3) is 0 Å². The number of carboxylic acids is 1. The maximum absolute atomic E-state index is 14.3. The van der Waals surface area contributed by atoms with Gasteiger partial charge in [-0.25, -0.2) is 9.18 Å². The lowest BCUT2D eigenvalue weighted by Crippen LogP contribution is -2.34. The van der Waals surface area contributed by atoms with Gasteiger partial charge >= 0.3 is 5.97 Å². The van der Waals surface area contributed by atoms with Crippen molar-refractivity contribution in [3.8, 4) is 5.75 Å². The highest BCUT2D eigenvalue weighted by molar-refractivity contribution is 9.10. The normalized spacial score (nSPS) is 15.0. The van der Waals surface area contributed by atoms with E-state index in [4.69, 9.17) is 9.84 Å². The molecule has 0 aliphatic carbocycles. The van der Waals surface area contributed by atoms with Crippen LogP contribution in [0.15, 0.2) is 56.7 Å². The van der Waals surface area contributed by atoms with Crippen LogP contribution >= 0.6 is 27.7 Å². The largest absolute Gasteiger partial charge is 0.494 e. The fourth-order valence-electron chi connectivity index (χ4n) is 2.64. The molecule has 1 amide bonds. The van der Waals surface area contributed by atoms with E-state index < -0.39 is 17.7 Å². The molecule has 8 heteroatoms. The number of thioether (sulfide) groups is 1. The number of halogens is 2. The number of hydrogen-bond donors (Lipinski definition) is 1. The molecule has 0 unspecified atom stereocenters. The van der Waals surface area contributed by atoms with E-state index in [2.05, 4.69) is 15.9 Å². The van der Waals surface area contributed by atoms with Gasteiger partial charge in [-0.3, -0.25) is 4.79 Å². The predicted octanol–water partition coefficient (Wildman–Crippen LogP) is 4.59. The second kappa shape index (κ2) is 8.14. The highest BCUT2D eigenvalue weighted by Crippen LogP contribution is 2.43. The summed E-state index contributed by atoms with van der Waals surface area (Å²) in [6, 6.07) is 9.80. The Hall–Kier alpha value is -2.32. The zero-order chi connectivity index (χ0) is 19.6. The average molecular weight is 452 g/mol. The van der Waals surface area contributed by atoms with Crippen LogP contribution in [-0.2, 0) is 16.1 Å². The van der Waals surface area contributed by atoms with Crippen molar-refractivity contribution < 1.29 is 23.8 Å². The van der Waals surface area contributed by atoms with E-state index in [1.807, 2.05) is 6.92 Å². The highest BCUT2D eigenvalue weighted by Gasteiger charge is 2.30. The van der Waals surface area contributed by atoms with E-state index in [9.17, 15) is 14.0 Å². The molecule has 0 aromatic heterocycles. The Balaban J connectivity index is 2.05. The van der Waals surface area contributed by atoms with E-state index in [-0.39, 0.29) is 11.4 Å². The molecule has 1 aliphatic rings. The predicted molar refractivity (Wildman–Crippen MR) is 104 cm³/mol. The van der Waals surface area contributed by atoms with Crippen LogP contribution in [0, 0.1) is 5.82 Å². The first kappa shape index (κ1) is 19.4. The Labute approximate surface area is 167 Å². The summed E-state index contributed by atoms with van der Waals surface area (Å²) in [5.74, 6) is -1.54. The van der Waals surface area contributed by atoms with E-state index >= 15 is 0 Å². The first-order valence-electron chi connectivity index (χ1n) is 8.04. The molecular weight excluding hydrogens is 437 g/mol. The second-order valence-electron chi connectivity index (χ2n) is 5.64. The minimum Gasteiger partial charge on any atom is -0.494 e. The number of fused-ring (bicyclic) bond motifs is 1. The fraction of sp³-hybridized carbons (Fsp3) is 0.158. The summed E-state index contributed by atoms with van der Waals surface area (Å²) < 4.78 is 20.4. The Bertz CT molecular complexity index is 947. The van der Waals surface area contributed by atoms with Crippen molar-refractivity contribution in [2.45, 2.75) is 18.4 Å². The second-order valence-corrected chi connectivity index (χ2v) is 7.64. The summed E-state index contributed by atoms with van der Waals surface area (Å²) in [6.07, 6.45) is 0.869. The number of carbonyl (C=O) groups is 2. The third-order valence-electron chi connectivity index (χ3n) is 3.81. The van der Waals surface area contributed by atoms with Gasteiger partial charge in [0, 0.05) is 21.0 Å². The standard InChI is InChI=1S/C19H15BrFNO4S/c1-2-26-13-5-6-15-16(8-13)27-17(9-18(23)24)19(25)22(15)10-11-3-4-12(20)7-14(11)21/h3-9H,2,10H2,1H3,(H,23,24). The summed E-state index contributed by atoms with van der Waals surface area (Å²) in [5.41, 5.74) is 0.909. The Morgan fingerprint density at radius 2 is 2.11 bits per heavy atom. The maximum atomic E-state index is 14.3. The Morgan fingerprint density at radius 3 is 2.78 bits per heavy atom. The van der Waals surface area contributed by atoms with Gasteiger partial charge in [0.25, 0.3) is 5.91 Å². The topological polar surface area (TPSA) is 66.8 Å². The molecule has 3 rings (SSSR count). The fourth-order valence-corrected chi connectivity index (χ4v) is 4.03. The van der Waals surface area contributed by atoms with Crippen LogP contribution in [-0.4, -0.2) is 23.6 Å². The number of nitrogens with zero attached hydrogens (tertiary/aromatic N) is 1. The number of ether oxygens (including phenoxy) is 1. The number of amides is 1. The minimum absolute atomic E-state index is 0.0174. The molecule has 2 aromatic carbocycles. The molecule has 1 aliphatic heterocycles.